The van der Waals surface area contributed by atoms with Crippen LogP contribution >= 0.6 is 0 Å². The van der Waals surface area contributed by atoms with Crippen LogP contribution in [0.15, 0.2) is 393 Å². The number of benzene rings is 20. The molecule has 23 rings (SSSR count). The molecule has 23 aromatic rings. The Kier molecular flexibility index (Phi) is 15.3. The predicted octanol–water partition coefficient (Wildman–Crippen LogP) is 29.4. The maximum absolute atomic E-state index is 9.31. The summed E-state index contributed by atoms with van der Waals surface area (Å²) in [5, 5.41) is 35.9. The van der Waals surface area contributed by atoms with E-state index in [-0.39, 0.29) is 0 Å². The lowest BCUT2D eigenvalue weighted by Gasteiger charge is -2.19. The highest BCUT2D eigenvalue weighted by molar-refractivity contribution is 6.26. The first-order valence-corrected chi connectivity index (χ1v) is 38.4. The number of nitriles is 1. The van der Waals surface area contributed by atoms with Gasteiger partial charge in [0.05, 0.1) is 34.1 Å². The van der Waals surface area contributed by atoms with E-state index in [0.717, 1.165) is 94.0 Å². The van der Waals surface area contributed by atoms with Crippen LogP contribution in [0, 0.1) is 11.3 Å². The molecule has 0 unspecified atom stereocenters. The minimum absolute atomic E-state index is 0.609. The number of pyridine rings is 2. The molecular weight excluding hydrogens is 1370 g/mol. The Balaban J connectivity index is 0.000000138. The molecular formula is C108H64N4O. The van der Waals surface area contributed by atoms with Crippen molar-refractivity contribution in [2.45, 2.75) is 0 Å². The van der Waals surface area contributed by atoms with Gasteiger partial charge in [0.25, 0.3) is 0 Å². The molecule has 3 aromatic heterocycles. The van der Waals surface area contributed by atoms with E-state index in [2.05, 4.69) is 346 Å². The van der Waals surface area contributed by atoms with Crippen molar-refractivity contribution in [1.29, 1.82) is 5.26 Å². The van der Waals surface area contributed by atoms with E-state index in [1.165, 1.54) is 130 Å². The van der Waals surface area contributed by atoms with Crippen LogP contribution in [0.4, 0.5) is 0 Å². The van der Waals surface area contributed by atoms with Crippen LogP contribution in [0.25, 0.3) is 230 Å². The zero-order chi connectivity index (χ0) is 74.6. The first-order valence-electron chi connectivity index (χ1n) is 38.4. The van der Waals surface area contributed by atoms with Crippen LogP contribution in [-0.4, -0.2) is 15.0 Å². The van der Waals surface area contributed by atoms with Crippen LogP contribution in [0.2, 0.25) is 0 Å². The maximum atomic E-state index is 9.31. The van der Waals surface area contributed by atoms with Gasteiger partial charge in [0, 0.05) is 38.2 Å². The number of oxazole rings is 1. The Bertz CT molecular complexity index is 7890. The monoisotopic (exact) mass is 1430 g/mol. The summed E-state index contributed by atoms with van der Waals surface area (Å²) in [4.78, 5) is 15.8. The summed E-state index contributed by atoms with van der Waals surface area (Å²) in [6.07, 6.45) is 0. The molecule has 0 aliphatic heterocycles. The van der Waals surface area contributed by atoms with E-state index in [4.69, 9.17) is 19.4 Å². The second-order valence-electron chi connectivity index (χ2n) is 29.4. The van der Waals surface area contributed by atoms with Crippen molar-refractivity contribution in [3.63, 3.8) is 0 Å². The second kappa shape index (κ2) is 26.6. The molecule has 113 heavy (non-hydrogen) atoms. The van der Waals surface area contributed by atoms with Crippen molar-refractivity contribution in [1.82, 2.24) is 15.0 Å². The van der Waals surface area contributed by atoms with Crippen molar-refractivity contribution in [2.24, 2.45) is 0 Å². The summed E-state index contributed by atoms with van der Waals surface area (Å²) in [6.45, 7) is 0. The van der Waals surface area contributed by atoms with Gasteiger partial charge in [-0.1, -0.05) is 303 Å². The van der Waals surface area contributed by atoms with Gasteiger partial charge in [-0.3, -0.25) is 0 Å². The normalized spacial score (nSPS) is 11.7. The van der Waals surface area contributed by atoms with Crippen molar-refractivity contribution >= 4 is 141 Å². The Hall–Kier alpha value is -15.2. The van der Waals surface area contributed by atoms with Crippen LogP contribution < -0.4 is 0 Å². The fourth-order valence-electron chi connectivity index (χ4n) is 17.8. The molecule has 0 spiro atoms. The van der Waals surface area contributed by atoms with Crippen molar-refractivity contribution in [3.8, 4) is 95.7 Å². The number of nitrogens with zero attached hydrogens (tertiary/aromatic N) is 4. The number of hydrogen-bond donors (Lipinski definition) is 0. The highest BCUT2D eigenvalue weighted by Gasteiger charge is 2.24. The lowest BCUT2D eigenvalue weighted by atomic mass is 9.86. The molecule has 0 N–H and O–H groups in total. The molecule has 0 saturated heterocycles. The van der Waals surface area contributed by atoms with Crippen molar-refractivity contribution < 1.29 is 4.42 Å². The van der Waals surface area contributed by atoms with Gasteiger partial charge in [-0.25, -0.2) is 15.0 Å². The molecule has 0 saturated carbocycles. The predicted molar refractivity (Wildman–Crippen MR) is 474 cm³/mol. The first kappa shape index (κ1) is 64.9. The maximum Gasteiger partial charge on any atom is 0.227 e. The number of rotatable bonds is 8. The highest BCUT2D eigenvalue weighted by atomic mass is 16.3. The van der Waals surface area contributed by atoms with Crippen LogP contribution in [0.3, 0.4) is 0 Å². The van der Waals surface area contributed by atoms with E-state index in [0.29, 0.717) is 11.5 Å². The molecule has 3 heterocycles. The summed E-state index contributed by atoms with van der Waals surface area (Å²) in [5.41, 5.74) is 20.7. The average molecular weight is 1430 g/mol. The number of aromatic nitrogens is 3. The van der Waals surface area contributed by atoms with Crippen LogP contribution in [0.1, 0.15) is 5.56 Å². The van der Waals surface area contributed by atoms with Gasteiger partial charge in [-0.2, -0.15) is 5.26 Å². The molecule has 522 valence electrons. The zero-order valence-corrected chi connectivity index (χ0v) is 61.1. The molecule has 20 aromatic carbocycles. The third-order valence-corrected chi connectivity index (χ3v) is 23.1. The molecule has 5 nitrogen and oxygen atoms in total. The minimum atomic E-state index is 0.609. The van der Waals surface area contributed by atoms with Gasteiger partial charge in [-0.15, -0.1) is 0 Å². The van der Waals surface area contributed by atoms with Gasteiger partial charge in [0.2, 0.25) is 5.89 Å². The van der Waals surface area contributed by atoms with Crippen molar-refractivity contribution in [2.75, 3.05) is 0 Å². The van der Waals surface area contributed by atoms with Gasteiger partial charge in [0.1, 0.15) is 5.52 Å². The summed E-state index contributed by atoms with van der Waals surface area (Å²) in [5.74, 6) is 0.609. The van der Waals surface area contributed by atoms with E-state index >= 15 is 0 Å². The van der Waals surface area contributed by atoms with Crippen LogP contribution in [0.5, 0.6) is 0 Å². The summed E-state index contributed by atoms with van der Waals surface area (Å²) in [7, 11) is 0. The van der Waals surface area contributed by atoms with E-state index < -0.39 is 0 Å². The lowest BCUT2D eigenvalue weighted by Crippen LogP contribution is -1.95. The molecule has 0 amide bonds. The lowest BCUT2D eigenvalue weighted by molar-refractivity contribution is 0.620. The van der Waals surface area contributed by atoms with E-state index in [9.17, 15) is 5.26 Å². The van der Waals surface area contributed by atoms with Gasteiger partial charge < -0.3 is 4.42 Å². The van der Waals surface area contributed by atoms with Crippen molar-refractivity contribution in [3.05, 3.63) is 394 Å². The smallest absolute Gasteiger partial charge is 0.227 e. The Morgan fingerprint density at radius 3 is 0.823 bits per heavy atom. The number of hydrogen-bond acceptors (Lipinski definition) is 5. The SMILES string of the molecule is N#Cc1ccc(-c2ccc(-c3cc(-c4cc5ccccc5c5ccccc45)c4cc(-c5cc6ccccc6c6ccccc56)c5ccccc5c4n3)cc2)cc1.c1ccc2c(c1)cc(-c1cc3c(-c4cc5ccccc5c5ccccc45)cc(-c4ccc(-c5nc6ccccc6o5)cc4)nc3c3ccccc13)c1ccccc12. The fourth-order valence-corrected chi connectivity index (χ4v) is 17.8. The quantitative estimate of drug-likeness (QED) is 0.142. The Morgan fingerprint density at radius 2 is 0.469 bits per heavy atom. The third-order valence-electron chi connectivity index (χ3n) is 23.1. The Labute approximate surface area is 650 Å². The zero-order valence-electron chi connectivity index (χ0n) is 61.1. The molecule has 0 aliphatic rings. The summed E-state index contributed by atoms with van der Waals surface area (Å²) in [6, 6.07) is 141. The molecule has 0 aliphatic carbocycles. The largest absolute Gasteiger partial charge is 0.436 e. The number of fused-ring (bicyclic) bond motifs is 19. The average Bonchev–Trinajstić information content (AvgIpc) is 1.41. The minimum Gasteiger partial charge on any atom is -0.436 e. The third kappa shape index (κ3) is 10.9. The second-order valence-corrected chi connectivity index (χ2v) is 29.4. The van der Waals surface area contributed by atoms with Gasteiger partial charge >= 0.3 is 0 Å². The molecule has 0 bridgehead atoms. The standard InChI is InChI=1S/C54H32N2O.C54H32N2/c1-3-15-37-35(13-1)29-45(41-19-7-5-17-39(37)41)47-31-49-48(46-30-36-14-2-4-16-38(36)40-18-6-8-20-42(40)46)32-51(55-53(49)44-22-10-9-21-43(44)47)33-25-27-34(28-26-33)54-56-50-23-11-12-24-52(50)57-54;55-33-34-21-23-35(24-22-34)36-25-27-37(28-26-36)53-32-51(49-30-39-12-2-4-14-41(39)43-16-6-8-18-45(43)49)52-31-50(46-19-9-10-20-47(46)54(52)56-53)48-29-38-11-1-3-13-40(38)42-15-5-7-17-44(42)48/h1-32H;1-32H. The van der Waals surface area contributed by atoms with E-state index in [1.54, 1.807) is 0 Å². The van der Waals surface area contributed by atoms with E-state index in [1.807, 2.05) is 48.5 Å². The van der Waals surface area contributed by atoms with Crippen LogP contribution in [-0.2, 0) is 0 Å². The highest BCUT2D eigenvalue weighted by Crippen LogP contribution is 2.49. The molecule has 0 fully saturated rings. The van der Waals surface area contributed by atoms with Gasteiger partial charge in [-0.05, 0) is 238 Å². The first-order chi connectivity index (χ1) is 56.0. The van der Waals surface area contributed by atoms with Gasteiger partial charge in [0.15, 0.2) is 5.58 Å². The molecule has 0 radical (unpaired) electrons. The molecule has 0 atom stereocenters. The fraction of sp³-hybridized carbons (Fsp3) is 0. The topological polar surface area (TPSA) is 75.6 Å². The Morgan fingerprint density at radius 1 is 0.204 bits per heavy atom. The molecule has 5 heteroatoms. The summed E-state index contributed by atoms with van der Waals surface area (Å²) >= 11 is 0. The summed E-state index contributed by atoms with van der Waals surface area (Å²) < 4.78 is 6.13. The number of para-hydroxylation sites is 2.